The SMILES string of the molecule is Cc1c(N)cccc1S(=O)(=O)Nc1c(Br)cc(Br)cc1Br. The average molecular weight is 499 g/mol. The van der Waals surface area contributed by atoms with Gasteiger partial charge in [-0.15, -0.1) is 0 Å². The Kier molecular flexibility index (Phi) is 5.02. The number of anilines is 2. The monoisotopic (exact) mass is 496 g/mol. The van der Waals surface area contributed by atoms with E-state index in [-0.39, 0.29) is 4.90 Å². The van der Waals surface area contributed by atoms with Crippen LogP contribution in [0.2, 0.25) is 0 Å². The largest absolute Gasteiger partial charge is 0.398 e. The second-order valence-electron chi connectivity index (χ2n) is 4.32. The third-order valence-electron chi connectivity index (χ3n) is 2.86. The van der Waals surface area contributed by atoms with Gasteiger partial charge >= 0.3 is 0 Å². The van der Waals surface area contributed by atoms with Crippen LogP contribution in [0.5, 0.6) is 0 Å². The number of rotatable bonds is 3. The average Bonchev–Trinajstić information content (AvgIpc) is 2.37. The van der Waals surface area contributed by atoms with E-state index in [1.807, 2.05) is 0 Å². The topological polar surface area (TPSA) is 72.2 Å². The maximum atomic E-state index is 12.5. The molecule has 4 nitrogen and oxygen atoms in total. The third-order valence-corrected chi connectivity index (χ3v) is 6.06. The van der Waals surface area contributed by atoms with Crippen molar-refractivity contribution in [2.24, 2.45) is 0 Å². The summed E-state index contributed by atoms with van der Waals surface area (Å²) < 4.78 is 29.7. The molecule has 0 aliphatic heterocycles. The van der Waals surface area contributed by atoms with Gasteiger partial charge in [-0.3, -0.25) is 4.72 Å². The van der Waals surface area contributed by atoms with Crippen molar-refractivity contribution in [3.63, 3.8) is 0 Å². The van der Waals surface area contributed by atoms with Gasteiger partial charge in [0.25, 0.3) is 10.0 Å². The van der Waals surface area contributed by atoms with Crippen LogP contribution in [0.1, 0.15) is 5.56 Å². The van der Waals surface area contributed by atoms with Crippen molar-refractivity contribution in [3.8, 4) is 0 Å². The van der Waals surface area contributed by atoms with Crippen molar-refractivity contribution < 1.29 is 8.42 Å². The highest BCUT2D eigenvalue weighted by Gasteiger charge is 2.20. The van der Waals surface area contributed by atoms with Gasteiger partial charge in [-0.25, -0.2) is 8.42 Å². The fraction of sp³-hybridized carbons (Fsp3) is 0.0769. The van der Waals surface area contributed by atoms with E-state index in [1.165, 1.54) is 6.07 Å². The lowest BCUT2D eigenvalue weighted by molar-refractivity contribution is 0.600. The predicted molar refractivity (Wildman–Crippen MR) is 95.9 cm³/mol. The van der Waals surface area contributed by atoms with E-state index < -0.39 is 10.0 Å². The van der Waals surface area contributed by atoms with Crippen molar-refractivity contribution in [2.75, 3.05) is 10.5 Å². The Balaban J connectivity index is 2.50. The van der Waals surface area contributed by atoms with E-state index in [2.05, 4.69) is 52.5 Å². The Labute approximate surface area is 148 Å². The maximum Gasteiger partial charge on any atom is 0.262 e. The molecule has 0 aromatic heterocycles. The first kappa shape index (κ1) is 16.8. The molecule has 2 aromatic rings. The number of benzene rings is 2. The Morgan fingerprint density at radius 2 is 1.67 bits per heavy atom. The summed E-state index contributed by atoms with van der Waals surface area (Å²) in [5.74, 6) is 0. The molecule has 0 aliphatic carbocycles. The summed E-state index contributed by atoms with van der Waals surface area (Å²) in [6, 6.07) is 8.32. The molecule has 0 amide bonds. The molecule has 112 valence electrons. The van der Waals surface area contributed by atoms with E-state index >= 15 is 0 Å². The van der Waals surface area contributed by atoms with Crippen LogP contribution >= 0.6 is 47.8 Å². The van der Waals surface area contributed by atoms with Gasteiger partial charge in [0.05, 0.1) is 10.6 Å². The van der Waals surface area contributed by atoms with Gasteiger partial charge in [-0.2, -0.15) is 0 Å². The Hall–Kier alpha value is -0.570. The fourth-order valence-corrected chi connectivity index (χ4v) is 5.85. The maximum absolute atomic E-state index is 12.5. The normalized spacial score (nSPS) is 11.4. The molecule has 3 N–H and O–H groups in total. The van der Waals surface area contributed by atoms with E-state index in [9.17, 15) is 8.42 Å². The molecule has 0 fully saturated rings. The van der Waals surface area contributed by atoms with Crippen LogP contribution < -0.4 is 10.5 Å². The highest BCUT2D eigenvalue weighted by molar-refractivity contribution is 9.11. The molecular weight excluding hydrogens is 488 g/mol. The van der Waals surface area contributed by atoms with Gasteiger partial charge in [0.1, 0.15) is 0 Å². The highest BCUT2D eigenvalue weighted by Crippen LogP contribution is 2.36. The Morgan fingerprint density at radius 3 is 2.24 bits per heavy atom. The lowest BCUT2D eigenvalue weighted by Crippen LogP contribution is -2.15. The molecule has 0 aliphatic rings. The fourth-order valence-electron chi connectivity index (χ4n) is 1.75. The van der Waals surface area contributed by atoms with Crippen molar-refractivity contribution in [1.29, 1.82) is 0 Å². The number of sulfonamides is 1. The third kappa shape index (κ3) is 3.61. The summed E-state index contributed by atoms with van der Waals surface area (Å²) in [6.45, 7) is 1.68. The van der Waals surface area contributed by atoms with Crippen molar-refractivity contribution >= 4 is 69.2 Å². The quantitative estimate of drug-likeness (QED) is 0.604. The van der Waals surface area contributed by atoms with E-state index in [0.29, 0.717) is 25.9 Å². The lowest BCUT2D eigenvalue weighted by atomic mass is 10.2. The van der Waals surface area contributed by atoms with E-state index in [1.54, 1.807) is 31.2 Å². The standard InChI is InChI=1S/C13H11Br3N2O2S/c1-7-11(17)3-2-4-12(7)21(19,20)18-13-9(15)5-8(14)6-10(13)16/h2-6,18H,17H2,1H3. The summed E-state index contributed by atoms with van der Waals surface area (Å²) in [5.41, 5.74) is 7.16. The number of hydrogen-bond donors (Lipinski definition) is 2. The first-order valence-electron chi connectivity index (χ1n) is 5.75. The molecule has 21 heavy (non-hydrogen) atoms. The minimum absolute atomic E-state index is 0.157. The van der Waals surface area contributed by atoms with Gasteiger partial charge in [0.15, 0.2) is 0 Å². The molecule has 0 bridgehead atoms. The van der Waals surface area contributed by atoms with Crippen molar-refractivity contribution in [3.05, 3.63) is 49.3 Å². The number of hydrogen-bond acceptors (Lipinski definition) is 3. The minimum Gasteiger partial charge on any atom is -0.398 e. The molecule has 0 unspecified atom stereocenters. The van der Waals surface area contributed by atoms with Crippen LogP contribution in [-0.2, 0) is 10.0 Å². The first-order chi connectivity index (χ1) is 9.72. The number of halogens is 3. The molecule has 0 heterocycles. The van der Waals surface area contributed by atoms with Crippen molar-refractivity contribution in [1.82, 2.24) is 0 Å². The highest BCUT2D eigenvalue weighted by atomic mass is 79.9. The number of nitrogens with two attached hydrogens (primary N) is 1. The van der Waals surface area contributed by atoms with Crippen LogP contribution in [0.15, 0.2) is 48.6 Å². The van der Waals surface area contributed by atoms with E-state index in [0.717, 1.165) is 4.47 Å². The summed E-state index contributed by atoms with van der Waals surface area (Å²) in [6.07, 6.45) is 0. The predicted octanol–water partition coefficient (Wildman–Crippen LogP) is 4.67. The molecular formula is C13H11Br3N2O2S. The van der Waals surface area contributed by atoms with Crippen LogP contribution in [0, 0.1) is 6.92 Å². The van der Waals surface area contributed by atoms with Crippen LogP contribution in [-0.4, -0.2) is 8.42 Å². The molecule has 2 rings (SSSR count). The molecule has 0 saturated carbocycles. The Morgan fingerprint density at radius 1 is 1.10 bits per heavy atom. The van der Waals surface area contributed by atoms with Crippen LogP contribution in [0.4, 0.5) is 11.4 Å². The Bertz CT molecular complexity index is 784. The molecule has 2 aromatic carbocycles. The molecule has 0 spiro atoms. The second kappa shape index (κ2) is 6.28. The molecule has 0 atom stereocenters. The van der Waals surface area contributed by atoms with Gasteiger partial charge in [0.2, 0.25) is 0 Å². The van der Waals surface area contributed by atoms with Crippen molar-refractivity contribution in [2.45, 2.75) is 11.8 Å². The lowest BCUT2D eigenvalue weighted by Gasteiger charge is -2.14. The summed E-state index contributed by atoms with van der Waals surface area (Å²) in [5, 5.41) is 0. The van der Waals surface area contributed by atoms with E-state index in [4.69, 9.17) is 5.73 Å². The van der Waals surface area contributed by atoms with Gasteiger partial charge < -0.3 is 5.73 Å². The van der Waals surface area contributed by atoms with Crippen LogP contribution in [0.3, 0.4) is 0 Å². The van der Waals surface area contributed by atoms with Gasteiger partial charge in [-0.1, -0.05) is 22.0 Å². The minimum atomic E-state index is -3.73. The molecule has 0 saturated heterocycles. The van der Waals surface area contributed by atoms with Crippen LogP contribution in [0.25, 0.3) is 0 Å². The number of nitrogen functional groups attached to an aromatic ring is 1. The van der Waals surface area contributed by atoms with Gasteiger partial charge in [0, 0.05) is 19.1 Å². The zero-order valence-corrected chi connectivity index (χ0v) is 16.4. The summed E-state index contributed by atoms with van der Waals surface area (Å²) in [7, 11) is -3.73. The second-order valence-corrected chi connectivity index (χ2v) is 8.60. The molecule has 8 heteroatoms. The first-order valence-corrected chi connectivity index (χ1v) is 9.61. The number of nitrogens with one attached hydrogen (secondary N) is 1. The zero-order valence-electron chi connectivity index (χ0n) is 10.8. The molecule has 0 radical (unpaired) electrons. The zero-order chi connectivity index (χ0) is 15.8. The summed E-state index contributed by atoms with van der Waals surface area (Å²) >= 11 is 10.0. The van der Waals surface area contributed by atoms with Gasteiger partial charge in [-0.05, 0) is 68.6 Å². The smallest absolute Gasteiger partial charge is 0.262 e. The summed E-state index contributed by atoms with van der Waals surface area (Å²) in [4.78, 5) is 0.157.